The van der Waals surface area contributed by atoms with E-state index in [0.29, 0.717) is 24.5 Å². The highest BCUT2D eigenvalue weighted by Gasteiger charge is 2.19. The summed E-state index contributed by atoms with van der Waals surface area (Å²) >= 11 is 1.28. The fraction of sp³-hybridized carbons (Fsp3) is 0.750. The van der Waals surface area contributed by atoms with Gasteiger partial charge in [0.1, 0.15) is 0 Å². The van der Waals surface area contributed by atoms with Crippen LogP contribution in [0.5, 0.6) is 0 Å². The molecule has 0 aromatic heterocycles. The molecule has 0 fully saturated rings. The SMILES string of the molecule is CC(C)(CCNC(=O)CSCC#N)CCC(=O)O. The lowest BCUT2D eigenvalue weighted by atomic mass is 9.84. The quantitative estimate of drug-likeness (QED) is 0.623. The Morgan fingerprint density at radius 3 is 2.61 bits per heavy atom. The van der Waals surface area contributed by atoms with Crippen molar-refractivity contribution in [3.05, 3.63) is 0 Å². The monoisotopic (exact) mass is 272 g/mol. The van der Waals surface area contributed by atoms with Crippen molar-refractivity contribution in [2.75, 3.05) is 18.1 Å². The molecule has 0 aliphatic carbocycles. The van der Waals surface area contributed by atoms with Crippen molar-refractivity contribution in [1.82, 2.24) is 5.32 Å². The zero-order valence-corrected chi connectivity index (χ0v) is 11.7. The summed E-state index contributed by atoms with van der Waals surface area (Å²) in [5, 5.41) is 19.7. The number of hydrogen-bond donors (Lipinski definition) is 2. The topological polar surface area (TPSA) is 90.2 Å². The van der Waals surface area contributed by atoms with Gasteiger partial charge in [0.05, 0.1) is 17.6 Å². The van der Waals surface area contributed by atoms with Crippen molar-refractivity contribution < 1.29 is 14.7 Å². The van der Waals surface area contributed by atoms with Crippen LogP contribution in [0.15, 0.2) is 0 Å². The summed E-state index contributed by atoms with van der Waals surface area (Å²) < 4.78 is 0. The van der Waals surface area contributed by atoms with Crippen LogP contribution in [0.4, 0.5) is 0 Å². The van der Waals surface area contributed by atoms with Gasteiger partial charge in [0, 0.05) is 13.0 Å². The van der Waals surface area contributed by atoms with Crippen LogP contribution in [0.2, 0.25) is 0 Å². The molecule has 5 nitrogen and oxygen atoms in total. The fourth-order valence-electron chi connectivity index (χ4n) is 1.35. The Balaban J connectivity index is 3.72. The highest BCUT2D eigenvalue weighted by molar-refractivity contribution is 8.00. The maximum atomic E-state index is 11.3. The summed E-state index contributed by atoms with van der Waals surface area (Å²) in [4.78, 5) is 21.8. The summed E-state index contributed by atoms with van der Waals surface area (Å²) in [6.45, 7) is 4.53. The number of nitrogens with zero attached hydrogens (tertiary/aromatic N) is 1. The number of aliphatic carboxylic acids is 1. The van der Waals surface area contributed by atoms with E-state index in [2.05, 4.69) is 5.32 Å². The van der Waals surface area contributed by atoms with Crippen LogP contribution < -0.4 is 5.32 Å². The van der Waals surface area contributed by atoms with Crippen molar-refractivity contribution in [3.8, 4) is 6.07 Å². The Bertz CT molecular complexity index is 324. The molecule has 0 spiro atoms. The molecule has 0 bridgehead atoms. The number of carboxylic acid groups (broad SMARTS) is 1. The number of carboxylic acids is 1. The van der Waals surface area contributed by atoms with Crippen molar-refractivity contribution in [3.63, 3.8) is 0 Å². The molecule has 6 heteroatoms. The number of nitrogens with one attached hydrogen (secondary N) is 1. The molecule has 1 amide bonds. The van der Waals surface area contributed by atoms with Gasteiger partial charge in [0.15, 0.2) is 0 Å². The predicted molar refractivity (Wildman–Crippen MR) is 71.2 cm³/mol. The van der Waals surface area contributed by atoms with Gasteiger partial charge in [0.2, 0.25) is 5.91 Å². The van der Waals surface area contributed by atoms with Crippen LogP contribution in [-0.4, -0.2) is 35.0 Å². The molecular weight excluding hydrogens is 252 g/mol. The van der Waals surface area contributed by atoms with Crippen LogP contribution in [0.1, 0.15) is 33.1 Å². The smallest absolute Gasteiger partial charge is 0.303 e. The predicted octanol–water partition coefficient (Wildman–Crippen LogP) is 1.64. The minimum atomic E-state index is -0.792. The molecule has 0 saturated heterocycles. The molecule has 0 heterocycles. The normalized spacial score (nSPS) is 10.7. The van der Waals surface area contributed by atoms with Gasteiger partial charge in [-0.2, -0.15) is 5.26 Å². The van der Waals surface area contributed by atoms with Crippen LogP contribution in [0.25, 0.3) is 0 Å². The van der Waals surface area contributed by atoms with Gasteiger partial charge < -0.3 is 10.4 Å². The van der Waals surface area contributed by atoms with Gasteiger partial charge in [0.25, 0.3) is 0 Å². The van der Waals surface area contributed by atoms with E-state index in [1.165, 1.54) is 11.8 Å². The maximum absolute atomic E-state index is 11.3. The fourth-order valence-corrected chi connectivity index (χ4v) is 1.83. The van der Waals surface area contributed by atoms with E-state index in [-0.39, 0.29) is 17.7 Å². The largest absolute Gasteiger partial charge is 0.481 e. The van der Waals surface area contributed by atoms with E-state index >= 15 is 0 Å². The van der Waals surface area contributed by atoms with Crippen molar-refractivity contribution in [2.45, 2.75) is 33.1 Å². The molecule has 0 aromatic carbocycles. The summed E-state index contributed by atoms with van der Waals surface area (Å²) in [7, 11) is 0. The van der Waals surface area contributed by atoms with Gasteiger partial charge in [-0.25, -0.2) is 0 Å². The highest BCUT2D eigenvalue weighted by Crippen LogP contribution is 2.25. The molecule has 0 aliphatic heterocycles. The molecule has 0 atom stereocenters. The Kier molecular flexibility index (Phi) is 8.21. The van der Waals surface area contributed by atoms with Crippen molar-refractivity contribution in [2.24, 2.45) is 5.41 Å². The first-order chi connectivity index (χ1) is 8.37. The molecule has 0 aromatic rings. The summed E-state index contributed by atoms with van der Waals surface area (Å²) in [5.41, 5.74) is -0.0918. The second kappa shape index (κ2) is 8.81. The number of carbonyl (C=O) groups is 2. The van der Waals surface area contributed by atoms with Crippen LogP contribution in [0.3, 0.4) is 0 Å². The van der Waals surface area contributed by atoms with Gasteiger partial charge >= 0.3 is 5.97 Å². The Morgan fingerprint density at radius 1 is 1.39 bits per heavy atom. The molecule has 102 valence electrons. The number of thioether (sulfide) groups is 1. The molecule has 0 rings (SSSR count). The van der Waals surface area contributed by atoms with Gasteiger partial charge in [-0.15, -0.1) is 11.8 Å². The van der Waals surface area contributed by atoms with Crippen LogP contribution in [0, 0.1) is 16.7 Å². The highest BCUT2D eigenvalue weighted by atomic mass is 32.2. The third-order valence-electron chi connectivity index (χ3n) is 2.54. The number of nitriles is 1. The molecule has 0 saturated carbocycles. The molecule has 2 N–H and O–H groups in total. The lowest BCUT2D eigenvalue weighted by Gasteiger charge is -2.23. The first-order valence-electron chi connectivity index (χ1n) is 5.80. The van der Waals surface area contributed by atoms with E-state index in [1.54, 1.807) is 0 Å². The Morgan fingerprint density at radius 2 is 2.06 bits per heavy atom. The summed E-state index contributed by atoms with van der Waals surface area (Å²) in [6.07, 6.45) is 1.50. The minimum Gasteiger partial charge on any atom is -0.481 e. The van der Waals surface area contributed by atoms with E-state index in [9.17, 15) is 9.59 Å². The van der Waals surface area contributed by atoms with E-state index in [1.807, 2.05) is 19.9 Å². The summed E-state index contributed by atoms with van der Waals surface area (Å²) in [6, 6.07) is 1.96. The van der Waals surface area contributed by atoms with Gasteiger partial charge in [-0.3, -0.25) is 9.59 Å². The Hall–Kier alpha value is -1.22. The number of hydrogen-bond acceptors (Lipinski definition) is 4. The summed E-state index contributed by atoms with van der Waals surface area (Å²) in [5.74, 6) is -0.259. The average Bonchev–Trinajstić information content (AvgIpc) is 2.27. The van der Waals surface area contributed by atoms with Crippen molar-refractivity contribution in [1.29, 1.82) is 5.26 Å². The second-order valence-corrected chi connectivity index (χ2v) is 5.79. The zero-order valence-electron chi connectivity index (χ0n) is 10.9. The number of carbonyl (C=O) groups excluding carboxylic acids is 1. The van der Waals surface area contributed by atoms with Gasteiger partial charge in [-0.05, 0) is 18.3 Å². The van der Waals surface area contributed by atoms with E-state index in [0.717, 1.165) is 6.42 Å². The van der Waals surface area contributed by atoms with E-state index in [4.69, 9.17) is 10.4 Å². The van der Waals surface area contributed by atoms with E-state index < -0.39 is 5.97 Å². The standard InChI is InChI=1S/C12H20N2O3S/c1-12(2,4-3-11(16)17)5-7-14-10(15)9-18-8-6-13/h3-5,7-9H2,1-2H3,(H,14,15)(H,16,17). The number of rotatable bonds is 9. The van der Waals surface area contributed by atoms with Crippen molar-refractivity contribution >= 4 is 23.6 Å². The second-order valence-electron chi connectivity index (χ2n) is 4.81. The van der Waals surface area contributed by atoms with Crippen LogP contribution in [-0.2, 0) is 9.59 Å². The molecule has 0 radical (unpaired) electrons. The van der Waals surface area contributed by atoms with Gasteiger partial charge in [-0.1, -0.05) is 13.8 Å². The molecule has 0 aliphatic rings. The van der Waals surface area contributed by atoms with Crippen LogP contribution >= 0.6 is 11.8 Å². The Labute approximate surface area is 112 Å². The molecular formula is C12H20N2O3S. The molecule has 18 heavy (non-hydrogen) atoms. The zero-order chi connectivity index (χ0) is 14.0. The number of amides is 1. The molecule has 0 unspecified atom stereocenters. The minimum absolute atomic E-state index is 0.0794. The lowest BCUT2D eigenvalue weighted by molar-refractivity contribution is -0.137. The third kappa shape index (κ3) is 9.97. The lowest BCUT2D eigenvalue weighted by Crippen LogP contribution is -2.29. The first-order valence-corrected chi connectivity index (χ1v) is 6.96. The first kappa shape index (κ1) is 16.8. The third-order valence-corrected chi connectivity index (χ3v) is 3.34. The average molecular weight is 272 g/mol. The maximum Gasteiger partial charge on any atom is 0.303 e.